The van der Waals surface area contributed by atoms with Gasteiger partial charge in [0.15, 0.2) is 0 Å². The summed E-state index contributed by atoms with van der Waals surface area (Å²) in [4.78, 5) is 4.58. The van der Waals surface area contributed by atoms with Gasteiger partial charge in [-0.25, -0.2) is 0 Å². The van der Waals surface area contributed by atoms with Gasteiger partial charge in [-0.1, -0.05) is 24.3 Å². The van der Waals surface area contributed by atoms with E-state index in [0.29, 0.717) is 5.41 Å². The molecule has 0 aromatic heterocycles. The minimum Gasteiger partial charge on any atom is -0.284 e. The van der Waals surface area contributed by atoms with Crippen molar-refractivity contribution in [3.63, 3.8) is 0 Å². The van der Waals surface area contributed by atoms with Crippen LogP contribution in [0.25, 0.3) is 6.08 Å². The highest BCUT2D eigenvalue weighted by molar-refractivity contribution is 5.39. The van der Waals surface area contributed by atoms with Crippen LogP contribution in [0.3, 0.4) is 0 Å². The van der Waals surface area contributed by atoms with Gasteiger partial charge in [-0.15, -0.1) is 0 Å². The van der Waals surface area contributed by atoms with Gasteiger partial charge >= 0.3 is 0 Å². The van der Waals surface area contributed by atoms with Gasteiger partial charge in [0.25, 0.3) is 0 Å². The minimum atomic E-state index is 0.481. The Morgan fingerprint density at radius 1 is 1.17 bits per heavy atom. The zero-order chi connectivity index (χ0) is 8.02. The van der Waals surface area contributed by atoms with Crippen LogP contribution in [0, 0.1) is 5.41 Å². The Hall–Kier alpha value is -1.11. The van der Waals surface area contributed by atoms with Crippen LogP contribution in [-0.4, -0.2) is 6.54 Å². The highest BCUT2D eigenvalue weighted by atomic mass is 14.8. The molecule has 1 fully saturated rings. The largest absolute Gasteiger partial charge is 0.284 e. The Balaban J connectivity index is 2.32. The van der Waals surface area contributed by atoms with Crippen LogP contribution in [0.2, 0.25) is 0 Å². The van der Waals surface area contributed by atoms with E-state index < -0.39 is 0 Å². The van der Waals surface area contributed by atoms with Crippen LogP contribution in [0.1, 0.15) is 12.8 Å². The first-order chi connectivity index (χ1) is 5.88. The second-order valence-corrected chi connectivity index (χ2v) is 3.88. The Labute approximate surface area is 71.5 Å². The molecular formula is C11H11N. The fourth-order valence-corrected chi connectivity index (χ4v) is 1.83. The molecule has 1 aliphatic carbocycles. The number of hydrogen-bond acceptors (Lipinski definition) is 1. The van der Waals surface area contributed by atoms with E-state index in [0.717, 1.165) is 6.54 Å². The molecule has 0 N–H and O–H groups in total. The lowest BCUT2D eigenvalue weighted by Crippen LogP contribution is -2.31. The van der Waals surface area contributed by atoms with Crippen molar-refractivity contribution in [3.05, 3.63) is 34.8 Å². The second kappa shape index (κ2) is 1.98. The molecule has 0 saturated heterocycles. The minimum absolute atomic E-state index is 0.481. The van der Waals surface area contributed by atoms with Crippen molar-refractivity contribution < 1.29 is 0 Å². The molecule has 1 spiro atoms. The molecule has 0 amide bonds. The SMILES string of the molecule is C1=c2ccccc2=NCC12CC2. The molecule has 0 unspecified atom stereocenters. The van der Waals surface area contributed by atoms with E-state index in [-0.39, 0.29) is 0 Å². The Kier molecular flexibility index (Phi) is 1.06. The van der Waals surface area contributed by atoms with Gasteiger partial charge in [-0.3, -0.25) is 4.99 Å². The molecule has 1 aromatic rings. The summed E-state index contributed by atoms with van der Waals surface area (Å²) in [6.45, 7) is 1.02. The molecule has 1 aromatic carbocycles. The number of benzene rings is 1. The number of nitrogens with zero attached hydrogens (tertiary/aromatic N) is 1. The lowest BCUT2D eigenvalue weighted by Gasteiger charge is -2.09. The quantitative estimate of drug-likeness (QED) is 0.530. The Morgan fingerprint density at radius 2 is 2.00 bits per heavy atom. The normalized spacial score (nSPS) is 22.3. The predicted octanol–water partition coefficient (Wildman–Crippen LogP) is 0.880. The summed E-state index contributed by atoms with van der Waals surface area (Å²) in [5.41, 5.74) is 0.481. The van der Waals surface area contributed by atoms with Crippen molar-refractivity contribution >= 4 is 6.08 Å². The molecule has 1 nitrogen and oxygen atoms in total. The Morgan fingerprint density at radius 3 is 2.83 bits per heavy atom. The summed E-state index contributed by atoms with van der Waals surface area (Å²) in [6.07, 6.45) is 5.09. The third kappa shape index (κ3) is 0.826. The van der Waals surface area contributed by atoms with Crippen LogP contribution in [0.4, 0.5) is 0 Å². The highest BCUT2D eigenvalue weighted by Gasteiger charge is 2.40. The van der Waals surface area contributed by atoms with E-state index >= 15 is 0 Å². The maximum Gasteiger partial charge on any atom is 0.0643 e. The summed E-state index contributed by atoms with van der Waals surface area (Å²) >= 11 is 0. The maximum absolute atomic E-state index is 4.58. The van der Waals surface area contributed by atoms with Crippen molar-refractivity contribution in [1.29, 1.82) is 0 Å². The standard InChI is InChI=1S/C11H11N/c1-2-4-10-9(3-1)7-11(5-6-11)8-12-10/h1-4,7H,5-6,8H2. The monoisotopic (exact) mass is 157 g/mol. The first-order valence-corrected chi connectivity index (χ1v) is 4.51. The van der Waals surface area contributed by atoms with E-state index in [9.17, 15) is 0 Å². The predicted molar refractivity (Wildman–Crippen MR) is 48.2 cm³/mol. The van der Waals surface area contributed by atoms with Gasteiger partial charge in [0.1, 0.15) is 0 Å². The molecule has 1 heterocycles. The third-order valence-corrected chi connectivity index (χ3v) is 2.85. The summed E-state index contributed by atoms with van der Waals surface area (Å²) in [5, 5.41) is 2.51. The van der Waals surface area contributed by atoms with Crippen molar-refractivity contribution in [2.45, 2.75) is 12.8 Å². The average molecular weight is 157 g/mol. The fraction of sp³-hybridized carbons (Fsp3) is 0.364. The van der Waals surface area contributed by atoms with Crippen LogP contribution in [0.5, 0.6) is 0 Å². The number of hydrogen-bond donors (Lipinski definition) is 0. The average Bonchev–Trinajstić information content (AvgIpc) is 2.85. The van der Waals surface area contributed by atoms with Crippen LogP contribution < -0.4 is 10.6 Å². The van der Waals surface area contributed by atoms with Crippen LogP contribution in [-0.2, 0) is 0 Å². The van der Waals surface area contributed by atoms with Crippen LogP contribution in [0.15, 0.2) is 29.3 Å². The van der Waals surface area contributed by atoms with Crippen molar-refractivity contribution in [2.75, 3.05) is 6.54 Å². The molecule has 0 radical (unpaired) electrons. The molecule has 0 bridgehead atoms. The maximum atomic E-state index is 4.58. The van der Waals surface area contributed by atoms with Crippen molar-refractivity contribution in [3.8, 4) is 0 Å². The molecule has 3 rings (SSSR count). The van der Waals surface area contributed by atoms with E-state index in [2.05, 4.69) is 35.3 Å². The van der Waals surface area contributed by atoms with Crippen LogP contribution >= 0.6 is 0 Å². The molecule has 0 atom stereocenters. The molecule has 1 heteroatoms. The van der Waals surface area contributed by atoms with E-state index in [1.165, 1.54) is 23.4 Å². The molecule has 2 aliphatic rings. The van der Waals surface area contributed by atoms with Gasteiger partial charge in [-0.05, 0) is 24.1 Å². The van der Waals surface area contributed by atoms with E-state index in [4.69, 9.17) is 0 Å². The Bertz CT molecular complexity index is 427. The van der Waals surface area contributed by atoms with Gasteiger partial charge in [0.2, 0.25) is 0 Å². The molecular weight excluding hydrogens is 146 g/mol. The third-order valence-electron chi connectivity index (χ3n) is 2.85. The van der Waals surface area contributed by atoms with Gasteiger partial charge in [0, 0.05) is 12.0 Å². The van der Waals surface area contributed by atoms with Gasteiger partial charge < -0.3 is 0 Å². The summed E-state index contributed by atoms with van der Waals surface area (Å²) < 4.78 is 0. The number of para-hydroxylation sites is 1. The lowest BCUT2D eigenvalue weighted by atomic mass is 10.0. The van der Waals surface area contributed by atoms with Gasteiger partial charge in [-0.2, -0.15) is 0 Å². The first-order valence-electron chi connectivity index (χ1n) is 4.51. The smallest absolute Gasteiger partial charge is 0.0643 e. The van der Waals surface area contributed by atoms with Crippen molar-refractivity contribution in [2.24, 2.45) is 10.4 Å². The molecule has 1 aliphatic heterocycles. The zero-order valence-electron chi connectivity index (χ0n) is 6.96. The van der Waals surface area contributed by atoms with Gasteiger partial charge in [0.05, 0.1) is 5.36 Å². The first kappa shape index (κ1) is 6.41. The molecule has 1 saturated carbocycles. The number of fused-ring (bicyclic) bond motifs is 1. The summed E-state index contributed by atoms with van der Waals surface area (Å²) in [5.74, 6) is 0. The summed E-state index contributed by atoms with van der Waals surface area (Å²) in [6, 6.07) is 8.41. The van der Waals surface area contributed by atoms with Crippen molar-refractivity contribution in [1.82, 2.24) is 0 Å². The topological polar surface area (TPSA) is 12.4 Å². The molecule has 12 heavy (non-hydrogen) atoms. The van der Waals surface area contributed by atoms with E-state index in [1.54, 1.807) is 0 Å². The number of rotatable bonds is 0. The fourth-order valence-electron chi connectivity index (χ4n) is 1.83. The zero-order valence-corrected chi connectivity index (χ0v) is 6.96. The summed E-state index contributed by atoms with van der Waals surface area (Å²) in [7, 11) is 0. The van der Waals surface area contributed by atoms with E-state index in [1.807, 2.05) is 0 Å². The molecule has 60 valence electrons. The lowest BCUT2D eigenvalue weighted by molar-refractivity contribution is 0.681. The highest BCUT2D eigenvalue weighted by Crippen LogP contribution is 2.47. The second-order valence-electron chi connectivity index (χ2n) is 3.88.